The van der Waals surface area contributed by atoms with Gasteiger partial charge in [-0.05, 0) is 6.92 Å². The van der Waals surface area contributed by atoms with E-state index in [1.807, 2.05) is 0 Å². The molecule has 0 aliphatic carbocycles. The molecule has 7 heteroatoms. The van der Waals surface area contributed by atoms with E-state index in [9.17, 15) is 13.6 Å². The van der Waals surface area contributed by atoms with Crippen molar-refractivity contribution >= 4 is 12.4 Å². The Morgan fingerprint density at radius 1 is 1.45 bits per heavy atom. The van der Waals surface area contributed by atoms with Gasteiger partial charge >= 0.3 is 0 Å². The number of carbonyl (C=O) groups excluding carboxylic acids is 1. The lowest BCUT2D eigenvalue weighted by Crippen LogP contribution is -2.14. The molecule has 1 aromatic rings. The number of rotatable bonds is 3. The van der Waals surface area contributed by atoms with Gasteiger partial charge in [0.15, 0.2) is 0 Å². The highest BCUT2D eigenvalue weighted by Gasteiger charge is 2.28. The highest BCUT2D eigenvalue weighted by Crippen LogP contribution is 2.30. The fourth-order valence-corrected chi connectivity index (χ4v) is 2.01. The van der Waals surface area contributed by atoms with Gasteiger partial charge in [-0.2, -0.15) is 0 Å². The molecule has 1 amide bonds. The Kier molecular flexibility index (Phi) is 5.89. The van der Waals surface area contributed by atoms with Crippen molar-refractivity contribution in [2.24, 2.45) is 0 Å². The quantitative estimate of drug-likeness (QED) is 0.829. The maximum atomic E-state index is 13.8. The van der Waals surface area contributed by atoms with Crippen LogP contribution in [0.25, 0.3) is 0 Å². The van der Waals surface area contributed by atoms with Crippen LogP contribution in [-0.2, 0) is 9.59 Å². The molecule has 0 bridgehead atoms. The van der Waals surface area contributed by atoms with Crippen LogP contribution in [0.1, 0.15) is 24.8 Å². The van der Waals surface area contributed by atoms with E-state index in [1.165, 1.54) is 0 Å². The van der Waals surface area contributed by atoms with Crippen LogP contribution in [-0.4, -0.2) is 30.6 Å². The van der Waals surface area contributed by atoms with Crippen LogP contribution in [0.3, 0.4) is 0 Å². The Morgan fingerprint density at radius 2 is 2.00 bits per heavy atom. The van der Waals surface area contributed by atoms with E-state index in [1.54, 1.807) is 6.92 Å². The summed E-state index contributed by atoms with van der Waals surface area (Å²) in [4.78, 5) is 19.4. The molecule has 0 aromatic heterocycles. The minimum absolute atomic E-state index is 0.0354. The molecule has 1 aliphatic rings. The summed E-state index contributed by atoms with van der Waals surface area (Å²) < 4.78 is 32.6. The van der Waals surface area contributed by atoms with Crippen LogP contribution in [0, 0.1) is 11.6 Å². The van der Waals surface area contributed by atoms with Crippen LogP contribution in [0.2, 0.25) is 0 Å². The van der Waals surface area contributed by atoms with Crippen LogP contribution >= 0.6 is 0 Å². The Bertz CT molecular complexity index is 470. The summed E-state index contributed by atoms with van der Waals surface area (Å²) in [6.45, 7) is 2.12. The Labute approximate surface area is 114 Å². The van der Waals surface area contributed by atoms with E-state index in [2.05, 4.69) is 5.32 Å². The minimum atomic E-state index is -0.657. The lowest BCUT2D eigenvalue weighted by molar-refractivity contribution is -0.123. The highest BCUT2D eigenvalue weighted by atomic mass is 19.1. The van der Waals surface area contributed by atoms with Crippen LogP contribution in [0.15, 0.2) is 12.1 Å². The van der Waals surface area contributed by atoms with E-state index in [4.69, 9.17) is 14.6 Å². The zero-order valence-corrected chi connectivity index (χ0v) is 10.9. The zero-order chi connectivity index (χ0) is 15.1. The van der Waals surface area contributed by atoms with Crippen molar-refractivity contribution in [3.8, 4) is 5.75 Å². The molecule has 20 heavy (non-hydrogen) atoms. The number of carbonyl (C=O) groups is 2. The Morgan fingerprint density at radius 3 is 2.40 bits per heavy atom. The van der Waals surface area contributed by atoms with Gasteiger partial charge in [0.2, 0.25) is 5.91 Å². The smallest absolute Gasteiger partial charge is 0.290 e. The number of amides is 1. The molecule has 1 saturated heterocycles. The van der Waals surface area contributed by atoms with E-state index in [0.717, 1.165) is 12.1 Å². The van der Waals surface area contributed by atoms with Gasteiger partial charge in [-0.15, -0.1) is 0 Å². The van der Waals surface area contributed by atoms with E-state index >= 15 is 0 Å². The Balaban J connectivity index is 0.000000612. The van der Waals surface area contributed by atoms with Crippen molar-refractivity contribution in [2.75, 3.05) is 13.2 Å². The largest absolute Gasteiger partial charge is 0.494 e. The van der Waals surface area contributed by atoms with Gasteiger partial charge in [0.25, 0.3) is 6.47 Å². The van der Waals surface area contributed by atoms with Crippen molar-refractivity contribution < 1.29 is 28.2 Å². The summed E-state index contributed by atoms with van der Waals surface area (Å²) in [5, 5.41) is 9.45. The topological polar surface area (TPSA) is 75.6 Å². The first-order chi connectivity index (χ1) is 9.53. The molecule has 110 valence electrons. The van der Waals surface area contributed by atoms with Crippen molar-refractivity contribution in [1.82, 2.24) is 5.32 Å². The number of halogens is 2. The lowest BCUT2D eigenvalue weighted by atomic mass is 9.97. The van der Waals surface area contributed by atoms with Gasteiger partial charge in [-0.1, -0.05) is 0 Å². The lowest BCUT2D eigenvalue weighted by Gasteiger charge is -2.12. The molecular formula is C13H15F2NO4. The van der Waals surface area contributed by atoms with Crippen molar-refractivity contribution in [3.05, 3.63) is 29.3 Å². The summed E-state index contributed by atoms with van der Waals surface area (Å²) in [6, 6.07) is 2.31. The third kappa shape index (κ3) is 3.91. The molecule has 1 heterocycles. The average molecular weight is 287 g/mol. The van der Waals surface area contributed by atoms with Gasteiger partial charge in [-0.25, -0.2) is 8.78 Å². The standard InChI is InChI=1S/C12H13F2NO2.CH2O2/c1-2-17-8-4-9(13)12(10(14)5-8)7-3-11(16)15-6-7;2-1-3/h4-5,7H,2-3,6H2,1H3,(H,15,16);1H,(H,2,3)/t7-;/m0./s1. The number of nitrogens with one attached hydrogen (secondary N) is 1. The highest BCUT2D eigenvalue weighted by molar-refractivity contribution is 5.79. The average Bonchev–Trinajstić information content (AvgIpc) is 2.76. The summed E-state index contributed by atoms with van der Waals surface area (Å²) in [6.07, 6.45) is 0.127. The number of carboxylic acid groups (broad SMARTS) is 1. The molecule has 2 N–H and O–H groups in total. The SMILES string of the molecule is CCOc1cc(F)c([C@@H]2CNC(=O)C2)c(F)c1.O=CO. The van der Waals surface area contributed by atoms with E-state index in [0.29, 0.717) is 6.61 Å². The second-order valence-electron chi connectivity index (χ2n) is 4.04. The first kappa shape index (κ1) is 15.9. The van der Waals surface area contributed by atoms with Crippen molar-refractivity contribution in [3.63, 3.8) is 0 Å². The number of hydrogen-bond donors (Lipinski definition) is 2. The van der Waals surface area contributed by atoms with E-state index < -0.39 is 17.6 Å². The molecule has 1 atom stereocenters. The first-order valence-electron chi connectivity index (χ1n) is 5.99. The Hall–Kier alpha value is -2.18. The molecule has 1 fully saturated rings. The summed E-state index contributed by atoms with van der Waals surface area (Å²) in [7, 11) is 0. The second-order valence-corrected chi connectivity index (χ2v) is 4.04. The van der Waals surface area contributed by atoms with Crippen molar-refractivity contribution in [2.45, 2.75) is 19.3 Å². The van der Waals surface area contributed by atoms with E-state index in [-0.39, 0.29) is 36.7 Å². The van der Waals surface area contributed by atoms with Gasteiger partial charge < -0.3 is 15.2 Å². The molecule has 2 rings (SSSR count). The van der Waals surface area contributed by atoms with Gasteiger partial charge in [-0.3, -0.25) is 9.59 Å². The molecular weight excluding hydrogens is 272 g/mol. The molecule has 0 unspecified atom stereocenters. The molecule has 0 spiro atoms. The summed E-state index contributed by atoms with van der Waals surface area (Å²) in [5.41, 5.74) is -0.0354. The molecule has 1 aromatic carbocycles. The second kappa shape index (κ2) is 7.42. The third-order valence-corrected chi connectivity index (χ3v) is 2.75. The molecule has 0 radical (unpaired) electrons. The number of hydrogen-bond acceptors (Lipinski definition) is 3. The summed E-state index contributed by atoms with van der Waals surface area (Å²) in [5.74, 6) is -1.76. The third-order valence-electron chi connectivity index (χ3n) is 2.75. The van der Waals surface area contributed by atoms with Gasteiger partial charge in [0.1, 0.15) is 17.4 Å². The summed E-state index contributed by atoms with van der Waals surface area (Å²) >= 11 is 0. The van der Waals surface area contributed by atoms with Gasteiger partial charge in [0.05, 0.1) is 6.61 Å². The van der Waals surface area contributed by atoms with Crippen molar-refractivity contribution in [1.29, 1.82) is 0 Å². The first-order valence-corrected chi connectivity index (χ1v) is 5.99. The predicted octanol–water partition coefficient (Wildman–Crippen LogP) is 1.67. The van der Waals surface area contributed by atoms with Gasteiger partial charge in [0, 0.05) is 36.6 Å². The fourth-order valence-electron chi connectivity index (χ4n) is 2.01. The number of benzene rings is 1. The van der Waals surface area contributed by atoms with Crippen LogP contribution in [0.4, 0.5) is 8.78 Å². The predicted molar refractivity (Wildman–Crippen MR) is 66.6 cm³/mol. The van der Waals surface area contributed by atoms with Crippen LogP contribution in [0.5, 0.6) is 5.75 Å². The minimum Gasteiger partial charge on any atom is -0.494 e. The molecule has 0 saturated carbocycles. The maximum Gasteiger partial charge on any atom is 0.290 e. The zero-order valence-electron chi connectivity index (χ0n) is 10.9. The monoisotopic (exact) mass is 287 g/mol. The fraction of sp³-hybridized carbons (Fsp3) is 0.385. The maximum absolute atomic E-state index is 13.8. The molecule has 5 nitrogen and oxygen atoms in total. The molecule has 1 aliphatic heterocycles. The normalized spacial score (nSPS) is 16.9. The number of ether oxygens (including phenoxy) is 1. The van der Waals surface area contributed by atoms with Crippen LogP contribution < -0.4 is 10.1 Å².